The summed E-state index contributed by atoms with van der Waals surface area (Å²) in [6.45, 7) is 4.51. The van der Waals surface area contributed by atoms with Gasteiger partial charge in [-0.3, -0.25) is 0 Å². The predicted molar refractivity (Wildman–Crippen MR) is 82.7 cm³/mol. The van der Waals surface area contributed by atoms with Crippen LogP contribution in [0.2, 0.25) is 9.36 Å². The SMILES string of the molecule is C=C1OCC(c2ccc(Cl)s2)=C1c1ccc(Cl)cc1. The minimum Gasteiger partial charge on any atom is -0.489 e. The maximum atomic E-state index is 6.00. The van der Waals surface area contributed by atoms with Crippen molar-refractivity contribution in [2.75, 3.05) is 6.61 Å². The number of thiophene rings is 1. The highest BCUT2D eigenvalue weighted by atomic mass is 35.5. The average Bonchev–Trinajstić information content (AvgIpc) is 2.97. The summed E-state index contributed by atoms with van der Waals surface area (Å²) >= 11 is 13.5. The second-order valence-corrected chi connectivity index (χ2v) is 6.33. The summed E-state index contributed by atoms with van der Waals surface area (Å²) in [5.41, 5.74) is 3.23. The van der Waals surface area contributed by atoms with Gasteiger partial charge >= 0.3 is 0 Å². The Bertz CT molecular complexity index is 668. The first-order valence-corrected chi connectivity index (χ1v) is 7.29. The van der Waals surface area contributed by atoms with E-state index >= 15 is 0 Å². The number of benzene rings is 1. The van der Waals surface area contributed by atoms with Crippen LogP contribution in [-0.2, 0) is 4.74 Å². The van der Waals surface area contributed by atoms with Crippen LogP contribution in [0.1, 0.15) is 10.4 Å². The molecule has 3 rings (SSSR count). The summed E-state index contributed by atoms with van der Waals surface area (Å²) < 4.78 is 6.36. The Balaban J connectivity index is 2.13. The average molecular weight is 309 g/mol. The van der Waals surface area contributed by atoms with Crippen LogP contribution in [0.15, 0.2) is 48.7 Å². The van der Waals surface area contributed by atoms with E-state index in [-0.39, 0.29) is 0 Å². The molecule has 0 fully saturated rings. The molecule has 1 aromatic heterocycles. The number of ether oxygens (including phenoxy) is 1. The lowest BCUT2D eigenvalue weighted by atomic mass is 10.00. The van der Waals surface area contributed by atoms with Crippen LogP contribution in [0.25, 0.3) is 11.1 Å². The molecule has 19 heavy (non-hydrogen) atoms. The Morgan fingerprint density at radius 1 is 1.05 bits per heavy atom. The second-order valence-electron chi connectivity index (χ2n) is 4.18. The number of rotatable bonds is 2. The van der Waals surface area contributed by atoms with E-state index in [4.69, 9.17) is 27.9 Å². The molecule has 0 aliphatic carbocycles. The minimum atomic E-state index is 0.535. The molecule has 1 nitrogen and oxygen atoms in total. The Morgan fingerprint density at radius 3 is 2.42 bits per heavy atom. The summed E-state index contributed by atoms with van der Waals surface area (Å²) in [5, 5.41) is 0.717. The summed E-state index contributed by atoms with van der Waals surface area (Å²) in [6, 6.07) is 11.6. The van der Waals surface area contributed by atoms with E-state index in [0.29, 0.717) is 12.4 Å². The summed E-state index contributed by atoms with van der Waals surface area (Å²) in [6.07, 6.45) is 0. The van der Waals surface area contributed by atoms with E-state index < -0.39 is 0 Å². The first-order chi connectivity index (χ1) is 9.15. The van der Waals surface area contributed by atoms with Gasteiger partial charge in [0.1, 0.15) is 12.4 Å². The van der Waals surface area contributed by atoms with Crippen molar-refractivity contribution in [2.45, 2.75) is 0 Å². The molecule has 1 aliphatic rings. The highest BCUT2D eigenvalue weighted by Crippen LogP contribution is 2.41. The number of halogens is 2. The van der Waals surface area contributed by atoms with Gasteiger partial charge in [0.25, 0.3) is 0 Å². The van der Waals surface area contributed by atoms with E-state index in [1.807, 2.05) is 36.4 Å². The molecule has 0 N–H and O–H groups in total. The van der Waals surface area contributed by atoms with Gasteiger partial charge in [-0.1, -0.05) is 41.9 Å². The standard InChI is InChI=1S/C15H10Cl2OS/c1-9-15(10-2-4-11(16)5-3-10)12(8-18-9)13-6-7-14(17)19-13/h2-7H,1,8H2. The third kappa shape index (κ3) is 2.44. The molecule has 0 amide bonds. The smallest absolute Gasteiger partial charge is 0.120 e. The quantitative estimate of drug-likeness (QED) is 0.711. The number of hydrogen-bond donors (Lipinski definition) is 0. The molecule has 0 saturated carbocycles. The first-order valence-electron chi connectivity index (χ1n) is 5.72. The first kappa shape index (κ1) is 12.8. The van der Waals surface area contributed by atoms with Gasteiger partial charge in [-0.05, 0) is 29.8 Å². The second kappa shape index (κ2) is 5.04. The van der Waals surface area contributed by atoms with Crippen molar-refractivity contribution < 1.29 is 4.74 Å². The number of allylic oxidation sites excluding steroid dienone is 1. The zero-order chi connectivity index (χ0) is 13.4. The lowest BCUT2D eigenvalue weighted by Crippen LogP contribution is -1.86. The third-order valence-corrected chi connectivity index (χ3v) is 4.52. The monoisotopic (exact) mass is 308 g/mol. The largest absolute Gasteiger partial charge is 0.489 e. The Morgan fingerprint density at radius 2 is 1.79 bits per heavy atom. The van der Waals surface area contributed by atoms with Gasteiger partial charge in [0.2, 0.25) is 0 Å². The Labute approximate surface area is 125 Å². The molecule has 1 aliphatic heterocycles. The fourth-order valence-corrected chi connectivity index (χ4v) is 3.30. The predicted octanol–water partition coefficient (Wildman–Crippen LogP) is 5.51. The van der Waals surface area contributed by atoms with Gasteiger partial charge in [-0.15, -0.1) is 11.3 Å². The van der Waals surface area contributed by atoms with Gasteiger partial charge in [0, 0.05) is 21.0 Å². The van der Waals surface area contributed by atoms with Crippen molar-refractivity contribution in [3.05, 3.63) is 68.5 Å². The topological polar surface area (TPSA) is 9.23 Å². The van der Waals surface area contributed by atoms with E-state index in [1.54, 1.807) is 11.3 Å². The molecular weight excluding hydrogens is 299 g/mol. The van der Waals surface area contributed by atoms with Crippen molar-refractivity contribution in [1.29, 1.82) is 0 Å². The van der Waals surface area contributed by atoms with E-state index in [9.17, 15) is 0 Å². The van der Waals surface area contributed by atoms with Crippen LogP contribution >= 0.6 is 34.5 Å². The van der Waals surface area contributed by atoms with Crippen molar-refractivity contribution in [3.63, 3.8) is 0 Å². The fourth-order valence-electron chi connectivity index (χ4n) is 2.09. The van der Waals surface area contributed by atoms with Crippen molar-refractivity contribution in [1.82, 2.24) is 0 Å². The molecule has 2 aromatic rings. The highest BCUT2D eigenvalue weighted by Gasteiger charge is 2.23. The van der Waals surface area contributed by atoms with Gasteiger partial charge in [-0.25, -0.2) is 0 Å². The van der Waals surface area contributed by atoms with Crippen molar-refractivity contribution >= 4 is 45.7 Å². The lowest BCUT2D eigenvalue weighted by molar-refractivity contribution is 0.286. The molecule has 0 unspecified atom stereocenters. The molecular formula is C15H10Cl2OS. The zero-order valence-corrected chi connectivity index (χ0v) is 12.3. The molecule has 0 bridgehead atoms. The van der Waals surface area contributed by atoms with Gasteiger partial charge in [0.05, 0.1) is 4.34 Å². The highest BCUT2D eigenvalue weighted by molar-refractivity contribution is 7.17. The maximum Gasteiger partial charge on any atom is 0.120 e. The van der Waals surface area contributed by atoms with E-state index in [2.05, 4.69) is 6.58 Å². The molecule has 0 radical (unpaired) electrons. The molecule has 1 aromatic carbocycles. The molecule has 0 spiro atoms. The van der Waals surface area contributed by atoms with Gasteiger partial charge in [-0.2, -0.15) is 0 Å². The molecule has 0 atom stereocenters. The number of hydrogen-bond acceptors (Lipinski definition) is 2. The van der Waals surface area contributed by atoms with Crippen LogP contribution in [0.3, 0.4) is 0 Å². The fraction of sp³-hybridized carbons (Fsp3) is 0.0667. The Kier molecular flexibility index (Phi) is 3.40. The van der Waals surface area contributed by atoms with E-state index in [1.165, 1.54) is 0 Å². The maximum absolute atomic E-state index is 6.00. The summed E-state index contributed by atoms with van der Waals surface area (Å²) in [7, 11) is 0. The summed E-state index contributed by atoms with van der Waals surface area (Å²) in [4.78, 5) is 1.12. The lowest BCUT2D eigenvalue weighted by Gasteiger charge is -2.05. The zero-order valence-electron chi connectivity index (χ0n) is 9.95. The van der Waals surface area contributed by atoms with Crippen molar-refractivity contribution in [2.24, 2.45) is 0 Å². The molecule has 2 heterocycles. The molecule has 96 valence electrons. The normalized spacial score (nSPS) is 14.9. The third-order valence-electron chi connectivity index (χ3n) is 2.97. The van der Waals surface area contributed by atoms with Crippen LogP contribution in [0, 0.1) is 0 Å². The van der Waals surface area contributed by atoms with Gasteiger partial charge in [0.15, 0.2) is 0 Å². The van der Waals surface area contributed by atoms with Crippen LogP contribution in [0.5, 0.6) is 0 Å². The van der Waals surface area contributed by atoms with E-state index in [0.717, 1.165) is 30.9 Å². The minimum absolute atomic E-state index is 0.535. The van der Waals surface area contributed by atoms with Crippen LogP contribution in [-0.4, -0.2) is 6.61 Å². The Hall–Kier alpha value is -1.22. The van der Waals surface area contributed by atoms with Crippen LogP contribution in [0.4, 0.5) is 0 Å². The molecule has 0 saturated heterocycles. The van der Waals surface area contributed by atoms with Crippen LogP contribution < -0.4 is 0 Å². The summed E-state index contributed by atoms with van der Waals surface area (Å²) in [5.74, 6) is 0.696. The van der Waals surface area contributed by atoms with Crippen molar-refractivity contribution in [3.8, 4) is 0 Å². The molecule has 4 heteroatoms. The van der Waals surface area contributed by atoms with Gasteiger partial charge < -0.3 is 4.74 Å².